The van der Waals surface area contributed by atoms with E-state index in [2.05, 4.69) is 11.9 Å². The highest BCUT2D eigenvalue weighted by Crippen LogP contribution is 1.92. The molecule has 1 amide bonds. The van der Waals surface area contributed by atoms with Gasteiger partial charge in [-0.15, -0.1) is 0 Å². The van der Waals surface area contributed by atoms with Gasteiger partial charge in [-0.1, -0.05) is 18.2 Å². The van der Waals surface area contributed by atoms with Gasteiger partial charge in [-0.25, -0.2) is 0 Å². The molecule has 0 radical (unpaired) electrons. The van der Waals surface area contributed by atoms with E-state index < -0.39 is 0 Å². The van der Waals surface area contributed by atoms with Crippen molar-refractivity contribution >= 4 is 23.3 Å². The molecule has 0 aliphatic carbocycles. The second kappa shape index (κ2) is 4.91. The maximum absolute atomic E-state index is 10.7. The zero-order valence-electron chi connectivity index (χ0n) is 6.32. The maximum Gasteiger partial charge on any atom is 0.227 e. The van der Waals surface area contributed by atoms with Crippen molar-refractivity contribution in [3.63, 3.8) is 0 Å². The van der Waals surface area contributed by atoms with Crippen molar-refractivity contribution in [2.45, 2.75) is 13.3 Å². The molecule has 0 aliphatic rings. The summed E-state index contributed by atoms with van der Waals surface area (Å²) in [5.74, 6) is -0.484. The number of carbonyl (C=O) groups excluding carboxylic acids is 2. The van der Waals surface area contributed by atoms with E-state index in [0.29, 0.717) is 5.03 Å². The van der Waals surface area contributed by atoms with Crippen LogP contribution in [-0.4, -0.2) is 18.2 Å². The minimum atomic E-state index is -0.320. The predicted molar refractivity (Wildman–Crippen MR) is 43.3 cm³/mol. The Bertz CT molecular complexity index is 189. The molecule has 0 heterocycles. The lowest BCUT2D eigenvalue weighted by atomic mass is 10.3. The molecule has 0 aliphatic heterocycles. The van der Waals surface area contributed by atoms with Gasteiger partial charge in [-0.2, -0.15) is 0 Å². The molecule has 1 N–H and O–H groups in total. The third kappa shape index (κ3) is 7.06. The van der Waals surface area contributed by atoms with E-state index >= 15 is 0 Å². The Morgan fingerprint density at radius 1 is 1.55 bits per heavy atom. The smallest absolute Gasteiger partial charge is 0.227 e. The molecule has 0 rings (SSSR count). The second-order valence-corrected chi connectivity index (χ2v) is 2.71. The fraction of sp³-hybridized carbons (Fsp3) is 0.429. The molecule has 0 aromatic rings. The Kier molecular flexibility index (Phi) is 4.54. The average molecular weight is 176 g/mol. The van der Waals surface area contributed by atoms with Crippen molar-refractivity contribution in [1.29, 1.82) is 0 Å². The third-order valence-electron chi connectivity index (χ3n) is 0.887. The highest BCUT2D eigenvalue weighted by molar-refractivity contribution is 6.29. The summed E-state index contributed by atoms with van der Waals surface area (Å²) >= 11 is 5.36. The number of Topliss-reactive ketones (excluding diaryl/α,β-unsaturated/α-hetero) is 1. The van der Waals surface area contributed by atoms with Crippen LogP contribution in [0.2, 0.25) is 0 Å². The molecule has 0 bridgehead atoms. The number of halogens is 1. The number of amides is 1. The zero-order valence-corrected chi connectivity index (χ0v) is 7.07. The molecule has 62 valence electrons. The summed E-state index contributed by atoms with van der Waals surface area (Å²) in [6, 6.07) is 0. The predicted octanol–water partition coefficient (Wildman–Crippen LogP) is 0.834. The van der Waals surface area contributed by atoms with Crippen LogP contribution in [-0.2, 0) is 9.59 Å². The van der Waals surface area contributed by atoms with Gasteiger partial charge in [0.1, 0.15) is 5.78 Å². The van der Waals surface area contributed by atoms with E-state index in [9.17, 15) is 9.59 Å². The SMILES string of the molecule is C=C(Cl)CNC(=O)CC(C)=O. The van der Waals surface area contributed by atoms with Crippen LogP contribution in [0.1, 0.15) is 13.3 Å². The molecule has 0 aromatic heterocycles. The molecule has 0 saturated carbocycles. The number of hydrogen-bond acceptors (Lipinski definition) is 2. The van der Waals surface area contributed by atoms with Crippen LogP contribution in [0.4, 0.5) is 0 Å². The molecule has 0 aromatic carbocycles. The van der Waals surface area contributed by atoms with E-state index in [4.69, 9.17) is 11.6 Å². The Morgan fingerprint density at radius 3 is 2.45 bits per heavy atom. The Hall–Kier alpha value is -0.830. The van der Waals surface area contributed by atoms with Gasteiger partial charge in [-0.05, 0) is 6.92 Å². The van der Waals surface area contributed by atoms with E-state index in [1.807, 2.05) is 0 Å². The fourth-order valence-electron chi connectivity index (χ4n) is 0.483. The van der Waals surface area contributed by atoms with Crippen molar-refractivity contribution in [3.05, 3.63) is 11.6 Å². The molecular weight excluding hydrogens is 166 g/mol. The molecule has 0 spiro atoms. The van der Waals surface area contributed by atoms with Crippen LogP contribution in [0.25, 0.3) is 0 Å². The topological polar surface area (TPSA) is 46.2 Å². The van der Waals surface area contributed by atoms with Gasteiger partial charge in [0.2, 0.25) is 5.91 Å². The third-order valence-corrected chi connectivity index (χ3v) is 1.02. The lowest BCUT2D eigenvalue weighted by Crippen LogP contribution is -2.25. The van der Waals surface area contributed by atoms with E-state index in [1.165, 1.54) is 6.92 Å². The lowest BCUT2D eigenvalue weighted by Gasteiger charge is -2.00. The molecule has 4 heteroatoms. The minimum Gasteiger partial charge on any atom is -0.351 e. The van der Waals surface area contributed by atoms with Crippen LogP contribution in [0.5, 0.6) is 0 Å². The first-order chi connectivity index (χ1) is 5.02. The van der Waals surface area contributed by atoms with Gasteiger partial charge in [0.15, 0.2) is 0 Å². The molecule has 0 saturated heterocycles. The second-order valence-electron chi connectivity index (χ2n) is 2.17. The van der Waals surface area contributed by atoms with Gasteiger partial charge in [-0.3, -0.25) is 9.59 Å². The van der Waals surface area contributed by atoms with Gasteiger partial charge in [0, 0.05) is 5.03 Å². The zero-order chi connectivity index (χ0) is 8.85. The van der Waals surface area contributed by atoms with E-state index in [1.54, 1.807) is 0 Å². The summed E-state index contributed by atoms with van der Waals surface area (Å²) in [6.07, 6.45) is -0.0931. The number of carbonyl (C=O) groups is 2. The lowest BCUT2D eigenvalue weighted by molar-refractivity contribution is -0.127. The number of ketones is 1. The monoisotopic (exact) mass is 175 g/mol. The van der Waals surface area contributed by atoms with Crippen LogP contribution in [0.15, 0.2) is 11.6 Å². The fourth-order valence-corrected chi connectivity index (χ4v) is 0.550. The summed E-state index contributed by atoms with van der Waals surface area (Å²) < 4.78 is 0. The van der Waals surface area contributed by atoms with Crippen molar-refractivity contribution in [2.75, 3.05) is 6.54 Å². The first-order valence-corrected chi connectivity index (χ1v) is 3.49. The van der Waals surface area contributed by atoms with Gasteiger partial charge in [0.05, 0.1) is 13.0 Å². The van der Waals surface area contributed by atoms with Crippen molar-refractivity contribution in [1.82, 2.24) is 5.32 Å². The van der Waals surface area contributed by atoms with Crippen molar-refractivity contribution < 1.29 is 9.59 Å². The number of nitrogens with one attached hydrogen (secondary N) is 1. The number of hydrogen-bond donors (Lipinski definition) is 1. The molecule has 11 heavy (non-hydrogen) atoms. The Balaban J connectivity index is 3.53. The molecule has 0 unspecified atom stereocenters. The van der Waals surface area contributed by atoms with Gasteiger partial charge in [0.25, 0.3) is 0 Å². The van der Waals surface area contributed by atoms with Crippen LogP contribution in [0.3, 0.4) is 0 Å². The highest BCUT2D eigenvalue weighted by atomic mass is 35.5. The normalized spacial score (nSPS) is 8.91. The van der Waals surface area contributed by atoms with Crippen molar-refractivity contribution in [2.24, 2.45) is 0 Å². The van der Waals surface area contributed by atoms with Crippen LogP contribution in [0, 0.1) is 0 Å². The minimum absolute atomic E-state index is 0.0931. The Morgan fingerprint density at radius 2 is 2.09 bits per heavy atom. The summed E-state index contributed by atoms with van der Waals surface area (Å²) in [4.78, 5) is 21.1. The molecule has 0 atom stereocenters. The summed E-state index contributed by atoms with van der Waals surface area (Å²) in [5, 5.41) is 2.77. The van der Waals surface area contributed by atoms with E-state index in [0.717, 1.165) is 0 Å². The summed E-state index contributed by atoms with van der Waals surface area (Å²) in [6.45, 7) is 4.94. The van der Waals surface area contributed by atoms with Crippen molar-refractivity contribution in [3.8, 4) is 0 Å². The first-order valence-electron chi connectivity index (χ1n) is 3.11. The Labute approximate surface area is 70.4 Å². The summed E-state index contributed by atoms with van der Waals surface area (Å²) in [7, 11) is 0. The molecule has 0 fully saturated rings. The van der Waals surface area contributed by atoms with Gasteiger partial charge >= 0.3 is 0 Å². The largest absolute Gasteiger partial charge is 0.351 e. The highest BCUT2D eigenvalue weighted by Gasteiger charge is 2.03. The summed E-state index contributed by atoms with van der Waals surface area (Å²) in [5.41, 5.74) is 0. The standard InChI is InChI=1S/C7H10ClNO2/c1-5(8)4-9-7(11)3-6(2)10/h1,3-4H2,2H3,(H,9,11). The van der Waals surface area contributed by atoms with Gasteiger partial charge < -0.3 is 5.32 Å². The number of rotatable bonds is 4. The molecular formula is C7H10ClNO2. The first kappa shape index (κ1) is 10.2. The van der Waals surface area contributed by atoms with Crippen LogP contribution < -0.4 is 5.32 Å². The molecule has 3 nitrogen and oxygen atoms in total. The van der Waals surface area contributed by atoms with E-state index in [-0.39, 0.29) is 24.7 Å². The average Bonchev–Trinajstić information content (AvgIpc) is 1.82. The van der Waals surface area contributed by atoms with Crippen LogP contribution >= 0.6 is 11.6 Å². The quantitative estimate of drug-likeness (QED) is 0.644. The maximum atomic E-state index is 10.7.